The lowest BCUT2D eigenvalue weighted by molar-refractivity contribution is -0.126. The lowest BCUT2D eigenvalue weighted by Gasteiger charge is -2.28. The molecular weight excluding hydrogens is 312 g/mol. The van der Waals surface area contributed by atoms with Crippen molar-refractivity contribution in [2.24, 2.45) is 11.7 Å². The van der Waals surface area contributed by atoms with Crippen LogP contribution in [0.4, 0.5) is 0 Å². The Kier molecular flexibility index (Phi) is 5.71. The van der Waals surface area contributed by atoms with Gasteiger partial charge < -0.3 is 15.8 Å². The number of ether oxygens (including phenoxy) is 1. The number of hydrogen-bond donors (Lipinski definition) is 2. The molecule has 0 bridgehead atoms. The second-order valence-corrected chi connectivity index (χ2v) is 6.72. The van der Waals surface area contributed by atoms with E-state index in [2.05, 4.69) is 5.32 Å². The maximum Gasteiger partial charge on any atom is 0.223 e. The Morgan fingerprint density at radius 2 is 1.84 bits per heavy atom. The molecule has 0 saturated heterocycles. The number of benzene rings is 2. The van der Waals surface area contributed by atoms with E-state index in [0.717, 1.165) is 42.6 Å². The highest BCUT2D eigenvalue weighted by molar-refractivity contribution is 5.80. The molecule has 3 rings (SSSR count). The van der Waals surface area contributed by atoms with E-state index in [4.69, 9.17) is 10.5 Å². The number of hydrogen-bond acceptors (Lipinski definition) is 3. The summed E-state index contributed by atoms with van der Waals surface area (Å²) in [6, 6.07) is 17.7. The smallest absolute Gasteiger partial charge is 0.223 e. The van der Waals surface area contributed by atoms with E-state index in [0.29, 0.717) is 0 Å². The van der Waals surface area contributed by atoms with Gasteiger partial charge in [-0.05, 0) is 30.9 Å². The van der Waals surface area contributed by atoms with E-state index >= 15 is 0 Å². The molecule has 1 aliphatic carbocycles. The minimum Gasteiger partial charge on any atom is -0.496 e. The third-order valence-electron chi connectivity index (χ3n) is 4.95. The van der Waals surface area contributed by atoms with E-state index in [-0.39, 0.29) is 23.9 Å². The maximum atomic E-state index is 12.9. The SMILES string of the molecule is COc1ccccc1C(NC(=O)C1CCCC(N)C1)c1ccccc1. The van der Waals surface area contributed by atoms with Crippen molar-refractivity contribution >= 4 is 5.91 Å². The molecule has 4 heteroatoms. The van der Waals surface area contributed by atoms with Crippen molar-refractivity contribution in [1.29, 1.82) is 0 Å². The highest BCUT2D eigenvalue weighted by Crippen LogP contribution is 2.31. The molecule has 0 radical (unpaired) electrons. The van der Waals surface area contributed by atoms with Gasteiger partial charge in [0.25, 0.3) is 0 Å². The average Bonchev–Trinajstić information content (AvgIpc) is 2.66. The van der Waals surface area contributed by atoms with Crippen molar-refractivity contribution in [2.45, 2.75) is 37.8 Å². The summed E-state index contributed by atoms with van der Waals surface area (Å²) >= 11 is 0. The topological polar surface area (TPSA) is 64.3 Å². The molecule has 0 spiro atoms. The Labute approximate surface area is 149 Å². The monoisotopic (exact) mass is 338 g/mol. The number of carbonyl (C=O) groups is 1. The minimum absolute atomic E-state index is 0.00957. The maximum absolute atomic E-state index is 12.9. The predicted molar refractivity (Wildman–Crippen MR) is 99.4 cm³/mol. The molecule has 3 N–H and O–H groups in total. The normalized spacial score (nSPS) is 21.4. The van der Waals surface area contributed by atoms with Gasteiger partial charge in [0.1, 0.15) is 5.75 Å². The highest BCUT2D eigenvalue weighted by Gasteiger charge is 2.28. The van der Waals surface area contributed by atoms with Gasteiger partial charge >= 0.3 is 0 Å². The van der Waals surface area contributed by atoms with Crippen molar-refractivity contribution in [1.82, 2.24) is 5.32 Å². The molecule has 1 saturated carbocycles. The number of nitrogens with two attached hydrogens (primary N) is 1. The zero-order valence-corrected chi connectivity index (χ0v) is 14.7. The molecule has 0 heterocycles. The van der Waals surface area contributed by atoms with Crippen LogP contribution < -0.4 is 15.8 Å². The number of nitrogens with one attached hydrogen (secondary N) is 1. The Balaban J connectivity index is 1.88. The molecule has 3 atom stereocenters. The lowest BCUT2D eigenvalue weighted by atomic mass is 9.85. The quantitative estimate of drug-likeness (QED) is 0.878. The van der Waals surface area contributed by atoms with E-state index < -0.39 is 0 Å². The molecule has 3 unspecified atom stereocenters. The molecule has 2 aromatic carbocycles. The van der Waals surface area contributed by atoms with Gasteiger partial charge in [-0.2, -0.15) is 0 Å². The van der Waals surface area contributed by atoms with Gasteiger partial charge in [0.2, 0.25) is 5.91 Å². The van der Waals surface area contributed by atoms with Crippen LogP contribution in [0.3, 0.4) is 0 Å². The Hall–Kier alpha value is -2.33. The zero-order chi connectivity index (χ0) is 17.6. The summed E-state index contributed by atoms with van der Waals surface area (Å²) in [7, 11) is 1.66. The fourth-order valence-electron chi connectivity index (χ4n) is 3.62. The first kappa shape index (κ1) is 17.5. The van der Waals surface area contributed by atoms with Crippen LogP contribution in [-0.4, -0.2) is 19.1 Å². The molecule has 1 amide bonds. The fourth-order valence-corrected chi connectivity index (χ4v) is 3.62. The molecule has 0 aliphatic heterocycles. The average molecular weight is 338 g/mol. The van der Waals surface area contributed by atoms with Gasteiger partial charge in [0.15, 0.2) is 0 Å². The highest BCUT2D eigenvalue weighted by atomic mass is 16.5. The van der Waals surface area contributed by atoms with Crippen LogP contribution in [0.2, 0.25) is 0 Å². The second-order valence-electron chi connectivity index (χ2n) is 6.72. The molecule has 0 aromatic heterocycles. The first-order chi connectivity index (χ1) is 12.2. The summed E-state index contributed by atoms with van der Waals surface area (Å²) < 4.78 is 5.52. The second kappa shape index (κ2) is 8.17. The summed E-state index contributed by atoms with van der Waals surface area (Å²) in [4.78, 5) is 12.9. The van der Waals surface area contributed by atoms with Gasteiger partial charge in [-0.25, -0.2) is 0 Å². The van der Waals surface area contributed by atoms with Gasteiger partial charge in [-0.15, -0.1) is 0 Å². The van der Waals surface area contributed by atoms with Crippen LogP contribution in [0.25, 0.3) is 0 Å². The number of amides is 1. The van der Waals surface area contributed by atoms with Crippen LogP contribution in [-0.2, 0) is 4.79 Å². The molecule has 1 aliphatic rings. The Morgan fingerprint density at radius 3 is 2.56 bits per heavy atom. The van der Waals surface area contributed by atoms with Crippen LogP contribution >= 0.6 is 0 Å². The molecular formula is C21H26N2O2. The summed E-state index contributed by atoms with van der Waals surface area (Å²) in [6.07, 6.45) is 3.70. The molecule has 25 heavy (non-hydrogen) atoms. The summed E-state index contributed by atoms with van der Waals surface area (Å²) in [6.45, 7) is 0. The van der Waals surface area contributed by atoms with Crippen molar-refractivity contribution in [3.63, 3.8) is 0 Å². The number of rotatable bonds is 5. The minimum atomic E-state index is -0.233. The summed E-state index contributed by atoms with van der Waals surface area (Å²) in [5, 5.41) is 3.24. The standard InChI is InChI=1S/C21H26N2O2/c1-25-19-13-6-5-12-18(19)20(15-8-3-2-4-9-15)23-21(24)16-10-7-11-17(22)14-16/h2-6,8-9,12-13,16-17,20H,7,10-11,14,22H2,1H3,(H,23,24). The van der Waals surface area contributed by atoms with E-state index in [1.165, 1.54) is 0 Å². The lowest BCUT2D eigenvalue weighted by Crippen LogP contribution is -2.39. The zero-order valence-electron chi connectivity index (χ0n) is 14.7. The van der Waals surface area contributed by atoms with Crippen LogP contribution in [0.15, 0.2) is 54.6 Å². The van der Waals surface area contributed by atoms with Gasteiger partial charge in [-0.3, -0.25) is 4.79 Å². The third kappa shape index (κ3) is 4.20. The van der Waals surface area contributed by atoms with E-state index in [1.54, 1.807) is 7.11 Å². The van der Waals surface area contributed by atoms with E-state index in [9.17, 15) is 4.79 Å². The first-order valence-corrected chi connectivity index (χ1v) is 8.93. The molecule has 2 aromatic rings. The van der Waals surface area contributed by atoms with Gasteiger partial charge in [0, 0.05) is 17.5 Å². The summed E-state index contributed by atoms with van der Waals surface area (Å²) in [5.41, 5.74) is 8.07. The summed E-state index contributed by atoms with van der Waals surface area (Å²) in [5.74, 6) is 0.844. The van der Waals surface area contributed by atoms with Gasteiger partial charge in [-0.1, -0.05) is 55.0 Å². The fraction of sp³-hybridized carbons (Fsp3) is 0.381. The Bertz CT molecular complexity index is 702. The van der Waals surface area contributed by atoms with Crippen LogP contribution in [0.5, 0.6) is 5.75 Å². The van der Waals surface area contributed by atoms with Gasteiger partial charge in [0.05, 0.1) is 13.2 Å². The van der Waals surface area contributed by atoms with Crippen LogP contribution in [0, 0.1) is 5.92 Å². The van der Waals surface area contributed by atoms with Crippen molar-refractivity contribution in [2.75, 3.05) is 7.11 Å². The first-order valence-electron chi connectivity index (χ1n) is 8.93. The largest absolute Gasteiger partial charge is 0.496 e. The predicted octanol–water partition coefficient (Wildman–Crippen LogP) is 3.42. The Morgan fingerprint density at radius 1 is 1.12 bits per heavy atom. The molecule has 1 fully saturated rings. The third-order valence-corrected chi connectivity index (χ3v) is 4.95. The van der Waals surface area contributed by atoms with Crippen molar-refractivity contribution in [3.8, 4) is 5.75 Å². The number of carbonyl (C=O) groups excluding carboxylic acids is 1. The van der Waals surface area contributed by atoms with E-state index in [1.807, 2.05) is 54.6 Å². The number of para-hydroxylation sites is 1. The van der Waals surface area contributed by atoms with Crippen molar-refractivity contribution in [3.05, 3.63) is 65.7 Å². The molecule has 132 valence electrons. The van der Waals surface area contributed by atoms with Crippen molar-refractivity contribution < 1.29 is 9.53 Å². The number of methoxy groups -OCH3 is 1. The molecule has 4 nitrogen and oxygen atoms in total. The van der Waals surface area contributed by atoms with Crippen LogP contribution in [0.1, 0.15) is 42.9 Å².